The Morgan fingerprint density at radius 1 is 1.05 bits per heavy atom. The van der Waals surface area contributed by atoms with Crippen LogP contribution in [-0.4, -0.2) is 71.3 Å². The van der Waals surface area contributed by atoms with E-state index >= 15 is 0 Å². The highest BCUT2D eigenvalue weighted by atomic mass is 16.5. The lowest BCUT2D eigenvalue weighted by Gasteiger charge is -2.38. The summed E-state index contributed by atoms with van der Waals surface area (Å²) < 4.78 is 18.0. The fourth-order valence-electron chi connectivity index (χ4n) is 6.40. The first-order valence-electron chi connectivity index (χ1n) is 14.3. The molecule has 6 rings (SSSR count). The van der Waals surface area contributed by atoms with Gasteiger partial charge in [0.05, 0.1) is 39.2 Å². The van der Waals surface area contributed by atoms with Crippen molar-refractivity contribution in [1.82, 2.24) is 5.32 Å². The van der Waals surface area contributed by atoms with Crippen LogP contribution in [-0.2, 0) is 12.8 Å². The van der Waals surface area contributed by atoms with Crippen LogP contribution in [0.1, 0.15) is 40.7 Å². The predicted octanol–water partition coefficient (Wildman–Crippen LogP) is 1.49. The van der Waals surface area contributed by atoms with Gasteiger partial charge in [-0.05, 0) is 58.9 Å². The summed E-state index contributed by atoms with van der Waals surface area (Å²) in [5.41, 5.74) is 5.29. The first-order chi connectivity index (χ1) is 20.4. The zero-order valence-corrected chi connectivity index (χ0v) is 23.4. The Hall–Kier alpha value is -3.96. The molecular weight excluding hydrogens is 540 g/mol. The van der Waals surface area contributed by atoms with E-state index in [1.54, 1.807) is 30.3 Å². The fourth-order valence-corrected chi connectivity index (χ4v) is 6.40. The zero-order valence-electron chi connectivity index (χ0n) is 23.4. The summed E-state index contributed by atoms with van der Waals surface area (Å²) in [6.07, 6.45) is 3.48. The number of aliphatic hydroxyl groups is 3. The van der Waals surface area contributed by atoms with Crippen molar-refractivity contribution in [3.05, 3.63) is 77.1 Å². The Morgan fingerprint density at radius 3 is 2.62 bits per heavy atom. The monoisotopic (exact) mass is 577 g/mol. The van der Waals surface area contributed by atoms with Crippen molar-refractivity contribution in [2.75, 3.05) is 33.5 Å². The molecule has 4 unspecified atom stereocenters. The zero-order chi connectivity index (χ0) is 29.4. The molecule has 0 spiro atoms. The number of methoxy groups -OCH3 is 1. The number of quaternary nitrogens is 1. The number of hydrogen-bond acceptors (Lipinski definition) is 9. The Balaban J connectivity index is 1.49. The van der Waals surface area contributed by atoms with E-state index in [1.807, 2.05) is 12.3 Å². The minimum Gasteiger partial charge on any atom is -0.508 e. The molecule has 0 bridgehead atoms. The van der Waals surface area contributed by atoms with E-state index in [9.17, 15) is 25.5 Å². The summed E-state index contributed by atoms with van der Waals surface area (Å²) in [4.78, 5) is 1.30. The van der Waals surface area contributed by atoms with Gasteiger partial charge in [0.15, 0.2) is 18.2 Å². The topological polar surface area (TPSA) is 145 Å². The van der Waals surface area contributed by atoms with Gasteiger partial charge in [-0.15, -0.1) is 0 Å². The highest BCUT2D eigenvalue weighted by molar-refractivity contribution is 5.83. The van der Waals surface area contributed by atoms with E-state index in [-0.39, 0.29) is 36.4 Å². The van der Waals surface area contributed by atoms with Gasteiger partial charge in [0.25, 0.3) is 0 Å². The normalized spacial score (nSPS) is 22.1. The minimum atomic E-state index is -0.872. The molecule has 222 valence electrons. The van der Waals surface area contributed by atoms with E-state index < -0.39 is 18.3 Å². The number of nitrogens with one attached hydrogen (secondary N) is 2. The summed E-state index contributed by atoms with van der Waals surface area (Å²) in [5.74, 6) is 1.52. The van der Waals surface area contributed by atoms with Gasteiger partial charge in [-0.1, -0.05) is 12.1 Å². The van der Waals surface area contributed by atoms with Crippen LogP contribution in [0.25, 0.3) is 11.1 Å². The smallest absolute Gasteiger partial charge is 0.160 e. The molecule has 4 atom stereocenters. The standard InChI is InChI=1S/C32H36N2O8/c1-40-28-12-19(2-5-25(28)38)32-26(39)13-24-27(42-32)14-29(41-22(15-35)16-36)31-23-4-3-21(37)11-20(23)10-18(30(24)31)6-8-34-9-7-33-17-34/h2-5,7,9,11-12,14,18,22,26,32-33,35-39H,6,8,10,13,15-17H2,1H3/p+1. The van der Waals surface area contributed by atoms with E-state index in [1.165, 1.54) is 18.1 Å². The summed E-state index contributed by atoms with van der Waals surface area (Å²) >= 11 is 0. The molecule has 42 heavy (non-hydrogen) atoms. The molecule has 10 nitrogen and oxygen atoms in total. The maximum absolute atomic E-state index is 11.4. The van der Waals surface area contributed by atoms with Crippen molar-refractivity contribution in [1.29, 1.82) is 0 Å². The summed E-state index contributed by atoms with van der Waals surface area (Å²) in [7, 11) is 1.47. The largest absolute Gasteiger partial charge is 0.508 e. The summed E-state index contributed by atoms with van der Waals surface area (Å²) in [5, 5.41) is 54.9. The van der Waals surface area contributed by atoms with Crippen molar-refractivity contribution in [2.24, 2.45) is 0 Å². The van der Waals surface area contributed by atoms with Crippen LogP contribution in [0.5, 0.6) is 28.7 Å². The second-order valence-electron chi connectivity index (χ2n) is 11.1. The highest BCUT2D eigenvalue weighted by Crippen LogP contribution is 2.53. The van der Waals surface area contributed by atoms with Crippen molar-refractivity contribution in [3.63, 3.8) is 0 Å². The van der Waals surface area contributed by atoms with Gasteiger partial charge in [-0.3, -0.25) is 4.90 Å². The van der Waals surface area contributed by atoms with E-state index in [2.05, 4.69) is 11.5 Å². The molecule has 0 saturated carbocycles. The van der Waals surface area contributed by atoms with Gasteiger partial charge in [0.2, 0.25) is 0 Å². The first-order valence-corrected chi connectivity index (χ1v) is 14.3. The number of aliphatic hydroxyl groups excluding tert-OH is 3. The van der Waals surface area contributed by atoms with E-state index in [0.29, 0.717) is 29.9 Å². The number of ether oxygens (including phenoxy) is 3. The molecule has 2 aliphatic heterocycles. The third kappa shape index (κ3) is 5.22. The Kier molecular flexibility index (Phi) is 7.87. The molecule has 3 aliphatic rings. The quantitative estimate of drug-likeness (QED) is 0.201. The molecule has 0 aromatic heterocycles. The van der Waals surface area contributed by atoms with E-state index in [0.717, 1.165) is 47.5 Å². The predicted molar refractivity (Wildman–Crippen MR) is 154 cm³/mol. The van der Waals surface area contributed by atoms with Crippen LogP contribution in [0.2, 0.25) is 0 Å². The molecule has 0 radical (unpaired) electrons. The van der Waals surface area contributed by atoms with Crippen LogP contribution in [0.15, 0.2) is 54.9 Å². The van der Waals surface area contributed by atoms with Gasteiger partial charge in [-0.25, -0.2) is 0 Å². The average molecular weight is 578 g/mol. The van der Waals surface area contributed by atoms with Crippen LogP contribution in [0.4, 0.5) is 0 Å². The summed E-state index contributed by atoms with van der Waals surface area (Å²) in [6.45, 7) is 0.937. The van der Waals surface area contributed by atoms with Crippen LogP contribution < -0.4 is 24.4 Å². The highest BCUT2D eigenvalue weighted by Gasteiger charge is 2.39. The maximum atomic E-state index is 11.4. The van der Waals surface area contributed by atoms with Crippen LogP contribution in [0.3, 0.4) is 0 Å². The summed E-state index contributed by atoms with van der Waals surface area (Å²) in [6, 6.07) is 12.0. The molecular formula is C32H37N2O8+. The fraction of sp³-hybridized carbons (Fsp3) is 0.375. The number of aromatic hydroxyl groups is 2. The Labute approximate surface area is 244 Å². The van der Waals surface area contributed by atoms with E-state index in [4.69, 9.17) is 14.2 Å². The molecule has 0 amide bonds. The van der Waals surface area contributed by atoms with Crippen molar-refractivity contribution in [2.45, 2.75) is 43.5 Å². The molecule has 10 heteroatoms. The van der Waals surface area contributed by atoms with Gasteiger partial charge < -0.3 is 45.1 Å². The number of phenols is 2. The molecule has 3 aromatic rings. The van der Waals surface area contributed by atoms with Gasteiger partial charge in [0, 0.05) is 30.0 Å². The lowest BCUT2D eigenvalue weighted by atomic mass is 9.73. The first kappa shape index (κ1) is 28.2. The SMILES string of the molecule is COc1cc(C2Oc3cc(OC(CO)CO)c4c(c3CC2O)C(CC[NH+]2C=CNC2)Cc2cc(O)ccc2-4)ccc1O. The Bertz CT molecular complexity index is 1490. The Morgan fingerprint density at radius 2 is 1.88 bits per heavy atom. The average Bonchev–Trinajstić information content (AvgIpc) is 3.52. The minimum absolute atomic E-state index is 0.00604. The maximum Gasteiger partial charge on any atom is 0.160 e. The third-order valence-corrected chi connectivity index (χ3v) is 8.46. The molecule has 0 saturated heterocycles. The van der Waals surface area contributed by atoms with Gasteiger partial charge >= 0.3 is 0 Å². The number of rotatable bonds is 9. The molecule has 0 fully saturated rings. The van der Waals surface area contributed by atoms with Crippen LogP contribution >= 0.6 is 0 Å². The lowest BCUT2D eigenvalue weighted by Crippen LogP contribution is -3.07. The van der Waals surface area contributed by atoms with Gasteiger partial charge in [0.1, 0.15) is 35.7 Å². The number of benzene rings is 3. The second-order valence-corrected chi connectivity index (χ2v) is 11.1. The number of hydrogen-bond donors (Lipinski definition) is 7. The molecule has 3 aromatic carbocycles. The number of phenolic OH excluding ortho intramolecular Hbond substituents is 2. The van der Waals surface area contributed by atoms with Crippen molar-refractivity contribution < 1.29 is 44.6 Å². The van der Waals surface area contributed by atoms with Crippen LogP contribution in [0, 0.1) is 0 Å². The molecule has 1 aliphatic carbocycles. The van der Waals surface area contributed by atoms with Gasteiger partial charge in [-0.2, -0.15) is 0 Å². The third-order valence-electron chi connectivity index (χ3n) is 8.46. The molecule has 7 N–H and O–H groups in total. The lowest BCUT2D eigenvalue weighted by molar-refractivity contribution is -0.843. The second kappa shape index (κ2) is 11.7. The van der Waals surface area contributed by atoms with Crippen molar-refractivity contribution in [3.8, 4) is 39.9 Å². The van der Waals surface area contributed by atoms with Crippen molar-refractivity contribution >= 4 is 0 Å². The molecule has 2 heterocycles. The number of fused-ring (bicyclic) bond motifs is 5.